The van der Waals surface area contributed by atoms with Gasteiger partial charge in [-0.2, -0.15) is 0 Å². The summed E-state index contributed by atoms with van der Waals surface area (Å²) in [6, 6.07) is 0. The van der Waals surface area contributed by atoms with Gasteiger partial charge in [0.25, 0.3) is 0 Å². The van der Waals surface area contributed by atoms with Crippen LogP contribution < -0.4 is 29.6 Å². The summed E-state index contributed by atoms with van der Waals surface area (Å²) in [7, 11) is 0. The van der Waals surface area contributed by atoms with E-state index in [1.54, 1.807) is 0 Å². The van der Waals surface area contributed by atoms with Crippen LogP contribution in [-0.4, -0.2) is 32.8 Å². The maximum atomic E-state index is 6.62. The van der Waals surface area contributed by atoms with Crippen LogP contribution in [0.4, 0.5) is 0 Å². The summed E-state index contributed by atoms with van der Waals surface area (Å²) in [5, 5.41) is 15.5. The first kappa shape index (κ1) is 18.7. The van der Waals surface area contributed by atoms with E-state index in [1.165, 1.54) is 0 Å². The van der Waals surface area contributed by atoms with Gasteiger partial charge in [0, 0.05) is 14.5 Å². The second-order valence-electron chi connectivity index (χ2n) is 1.52. The molecule has 0 aromatic heterocycles. The number of hydrogen-bond donors (Lipinski definition) is 2. The minimum Gasteiger partial charge on any atom is -0.411 e. The van der Waals surface area contributed by atoms with Gasteiger partial charge in [-0.25, -0.2) is 10.5 Å². The fourth-order valence-corrected chi connectivity index (χ4v) is 0.998. The monoisotopic (exact) mass is 223 g/mol. The van der Waals surface area contributed by atoms with Crippen molar-refractivity contribution in [3.8, 4) is 0 Å². The van der Waals surface area contributed by atoms with Crippen LogP contribution in [0.5, 0.6) is 0 Å². The largest absolute Gasteiger partial charge is 1.00 e. The molecule has 12 heavy (non-hydrogen) atoms. The predicted octanol–water partition coefficient (Wildman–Crippen LogP) is -1.64. The molecule has 0 aliphatic carbocycles. The first-order valence-electron chi connectivity index (χ1n) is 3.04. The van der Waals surface area contributed by atoms with Crippen molar-refractivity contribution < 1.29 is 46.5 Å². The van der Waals surface area contributed by atoms with Gasteiger partial charge < -0.3 is 29.7 Å². The third-order valence-electron chi connectivity index (χ3n) is 1.02. The Morgan fingerprint density at radius 2 is 1.75 bits per heavy atom. The van der Waals surface area contributed by atoms with Gasteiger partial charge >= 0.3 is 29.6 Å². The van der Waals surface area contributed by atoms with Crippen molar-refractivity contribution >= 4 is 29.2 Å². The van der Waals surface area contributed by atoms with Crippen molar-refractivity contribution in [2.24, 2.45) is 0 Å². The van der Waals surface area contributed by atoms with Gasteiger partial charge in [0.1, 0.15) is 0 Å². The molecular formula is C5H14NNaO3S2. The molecule has 0 aromatic rings. The summed E-state index contributed by atoms with van der Waals surface area (Å²) in [5.41, 5.74) is 0. The van der Waals surface area contributed by atoms with Crippen LogP contribution in [0.25, 0.3) is 0 Å². The summed E-state index contributed by atoms with van der Waals surface area (Å²) in [6.07, 6.45) is 0. The van der Waals surface area contributed by atoms with E-state index in [2.05, 4.69) is 5.04 Å². The van der Waals surface area contributed by atoms with Crippen molar-refractivity contribution in [2.75, 3.05) is 13.1 Å². The van der Waals surface area contributed by atoms with Crippen molar-refractivity contribution in [2.45, 2.75) is 13.8 Å². The second kappa shape index (κ2) is 14.5. The number of hydrogen-bond acceptors (Lipinski definition) is 5. The molecule has 0 aliphatic rings. The van der Waals surface area contributed by atoms with Crippen molar-refractivity contribution in [3.63, 3.8) is 0 Å². The zero-order chi connectivity index (χ0) is 9.28. The molecule has 0 radical (unpaired) electrons. The molecule has 4 nitrogen and oxygen atoms in total. The average Bonchev–Trinajstić information content (AvgIpc) is 1.91. The third kappa shape index (κ3) is 13.6. The maximum Gasteiger partial charge on any atom is 1.00 e. The van der Waals surface area contributed by atoms with Crippen LogP contribution in [0.1, 0.15) is 15.3 Å². The van der Waals surface area contributed by atoms with Gasteiger partial charge in [0.15, 0.2) is 0 Å². The summed E-state index contributed by atoms with van der Waals surface area (Å²) in [5.74, 6) is 0. The molecule has 0 amide bonds. The SMILES string of the molecule is CCN(CC)C(=S)[S-].OOO.[HH].[Na+]. The molecule has 0 unspecified atom stereocenters. The van der Waals surface area contributed by atoms with Gasteiger partial charge in [0.2, 0.25) is 0 Å². The quantitative estimate of drug-likeness (QED) is 0.192. The third-order valence-corrected chi connectivity index (χ3v) is 1.54. The van der Waals surface area contributed by atoms with E-state index >= 15 is 0 Å². The maximum absolute atomic E-state index is 6.62. The number of rotatable bonds is 2. The molecule has 2 N–H and O–H groups in total. The Kier molecular flexibility index (Phi) is 22.6. The normalized spacial score (nSPS) is 7.33. The standard InChI is InChI=1S/C5H11NS2.Na.H2O3.H2/c1-3-6(4-2)5(7)8;;1-3-2;/h3-4H2,1-2H3,(H,7,8);;1-2H;1H/q;+1;;/p-1. The van der Waals surface area contributed by atoms with Gasteiger partial charge in [-0.15, -0.1) is 0 Å². The predicted molar refractivity (Wildman–Crippen MR) is 51.3 cm³/mol. The Bertz CT molecular complexity index is 108. The van der Waals surface area contributed by atoms with E-state index in [1.807, 2.05) is 18.7 Å². The molecule has 70 valence electrons. The molecular weight excluding hydrogens is 209 g/mol. The van der Waals surface area contributed by atoms with Gasteiger partial charge in [0.05, 0.1) is 0 Å². The number of nitrogens with zero attached hydrogens (tertiary/aromatic N) is 1. The van der Waals surface area contributed by atoms with E-state index in [-0.39, 0.29) is 31.0 Å². The van der Waals surface area contributed by atoms with Crippen LogP contribution in [0.15, 0.2) is 0 Å². The molecule has 0 spiro atoms. The Labute approximate surface area is 107 Å². The van der Waals surface area contributed by atoms with Crippen LogP contribution >= 0.6 is 12.2 Å². The Morgan fingerprint density at radius 1 is 1.50 bits per heavy atom. The zero-order valence-corrected chi connectivity index (χ0v) is 11.1. The van der Waals surface area contributed by atoms with Crippen molar-refractivity contribution in [1.29, 1.82) is 0 Å². The van der Waals surface area contributed by atoms with E-state index < -0.39 is 0 Å². The van der Waals surface area contributed by atoms with Gasteiger partial charge in [-0.3, -0.25) is 0 Å². The fraction of sp³-hybridized carbons (Fsp3) is 0.800. The van der Waals surface area contributed by atoms with Crippen LogP contribution in [-0.2, 0) is 17.7 Å². The van der Waals surface area contributed by atoms with Crippen molar-refractivity contribution in [3.05, 3.63) is 0 Å². The molecule has 0 aromatic carbocycles. The summed E-state index contributed by atoms with van der Waals surface area (Å²) in [6.45, 7) is 5.95. The van der Waals surface area contributed by atoms with Gasteiger partial charge in [-0.1, -0.05) is 9.36 Å². The molecule has 0 atom stereocenters. The molecule has 0 fully saturated rings. The minimum absolute atomic E-state index is 0. The molecule has 7 heteroatoms. The summed E-state index contributed by atoms with van der Waals surface area (Å²) in [4.78, 5) is 1.96. The van der Waals surface area contributed by atoms with E-state index in [9.17, 15) is 0 Å². The molecule has 0 saturated heterocycles. The molecule has 0 rings (SSSR count). The number of thiocarbonyl (C=S) groups is 1. The smallest absolute Gasteiger partial charge is 0.411 e. The summed E-state index contributed by atoms with van der Waals surface area (Å²) < 4.78 is 0.579. The minimum atomic E-state index is 0. The molecule has 0 saturated carbocycles. The van der Waals surface area contributed by atoms with Crippen molar-refractivity contribution in [1.82, 2.24) is 4.90 Å². The molecule has 0 aliphatic heterocycles. The Balaban J connectivity index is -0.0000000720. The second-order valence-corrected chi connectivity index (χ2v) is 2.55. The van der Waals surface area contributed by atoms with E-state index in [0.29, 0.717) is 4.32 Å². The summed E-state index contributed by atoms with van der Waals surface area (Å²) >= 11 is 9.51. The molecule has 0 bridgehead atoms. The van der Waals surface area contributed by atoms with Gasteiger partial charge in [-0.05, 0) is 13.8 Å². The average molecular weight is 223 g/mol. The van der Waals surface area contributed by atoms with E-state index in [4.69, 9.17) is 35.4 Å². The Hall–Kier alpha value is 0.990. The fourth-order valence-electron chi connectivity index (χ4n) is 0.482. The van der Waals surface area contributed by atoms with Crippen LogP contribution in [0.2, 0.25) is 0 Å². The topological polar surface area (TPSA) is 52.9 Å². The zero-order valence-electron chi connectivity index (χ0n) is 7.48. The first-order valence-corrected chi connectivity index (χ1v) is 3.86. The van der Waals surface area contributed by atoms with Crippen LogP contribution in [0.3, 0.4) is 0 Å². The molecule has 0 heterocycles. The Morgan fingerprint density at radius 3 is 1.75 bits per heavy atom. The van der Waals surface area contributed by atoms with Crippen LogP contribution in [0, 0.1) is 0 Å². The van der Waals surface area contributed by atoms with E-state index in [0.717, 1.165) is 13.1 Å². The first-order chi connectivity index (χ1) is 5.13.